The normalized spacial score (nSPS) is 15.8. The van der Waals surface area contributed by atoms with Crippen LogP contribution in [0.4, 0.5) is 0 Å². The molecule has 1 amide bonds. The standard InChI is InChI=1S/C24H29N5O/c1-17-7-8-20(13-18(17)2)29-23-6-4-5-22(21(23)14-26-29)27-24(30)16-28(3)15-19-9-11-25-12-10-19/h7-14,22H,4-6,15-16H2,1-3H3,(H,27,30). The molecular weight excluding hydrogens is 374 g/mol. The van der Waals surface area contributed by atoms with Gasteiger partial charge in [0.15, 0.2) is 0 Å². The molecule has 0 saturated carbocycles. The first-order chi connectivity index (χ1) is 14.5. The summed E-state index contributed by atoms with van der Waals surface area (Å²) in [5, 5.41) is 7.89. The fourth-order valence-corrected chi connectivity index (χ4v) is 4.13. The van der Waals surface area contributed by atoms with Gasteiger partial charge in [-0.15, -0.1) is 0 Å². The van der Waals surface area contributed by atoms with Crippen LogP contribution in [0.2, 0.25) is 0 Å². The highest BCUT2D eigenvalue weighted by Crippen LogP contribution is 2.31. The first-order valence-electron chi connectivity index (χ1n) is 10.5. The number of fused-ring (bicyclic) bond motifs is 1. The largest absolute Gasteiger partial charge is 0.348 e. The van der Waals surface area contributed by atoms with E-state index in [1.807, 2.05) is 35.0 Å². The van der Waals surface area contributed by atoms with Gasteiger partial charge in [-0.05, 0) is 81.1 Å². The number of nitrogens with one attached hydrogen (secondary N) is 1. The minimum Gasteiger partial charge on any atom is -0.348 e. The van der Waals surface area contributed by atoms with Gasteiger partial charge in [0.1, 0.15) is 0 Å². The van der Waals surface area contributed by atoms with Crippen LogP contribution in [-0.2, 0) is 17.8 Å². The van der Waals surface area contributed by atoms with E-state index in [1.165, 1.54) is 16.8 Å². The van der Waals surface area contributed by atoms with Crippen molar-refractivity contribution in [2.75, 3.05) is 13.6 Å². The third-order valence-corrected chi connectivity index (χ3v) is 5.87. The van der Waals surface area contributed by atoms with Crippen LogP contribution in [0.5, 0.6) is 0 Å². The molecule has 1 aliphatic carbocycles. The van der Waals surface area contributed by atoms with Crippen LogP contribution in [0.1, 0.15) is 46.8 Å². The number of carbonyl (C=O) groups is 1. The summed E-state index contributed by atoms with van der Waals surface area (Å²) in [5.41, 5.74) is 7.12. The third kappa shape index (κ3) is 4.44. The SMILES string of the molecule is Cc1ccc(-n2ncc3c2CCCC3NC(=O)CN(C)Cc2ccncc2)cc1C. The number of pyridine rings is 1. The summed E-state index contributed by atoms with van der Waals surface area (Å²) in [6.07, 6.45) is 8.46. The lowest BCUT2D eigenvalue weighted by molar-refractivity contribution is -0.122. The van der Waals surface area contributed by atoms with Crippen molar-refractivity contribution in [3.05, 3.63) is 76.9 Å². The van der Waals surface area contributed by atoms with E-state index >= 15 is 0 Å². The van der Waals surface area contributed by atoms with Gasteiger partial charge in [-0.2, -0.15) is 5.10 Å². The lowest BCUT2D eigenvalue weighted by atomic mass is 9.92. The van der Waals surface area contributed by atoms with E-state index in [-0.39, 0.29) is 11.9 Å². The maximum atomic E-state index is 12.7. The Bertz CT molecular complexity index is 1030. The molecule has 6 nitrogen and oxygen atoms in total. The van der Waals surface area contributed by atoms with Crippen LogP contribution >= 0.6 is 0 Å². The molecule has 2 aromatic heterocycles. The van der Waals surface area contributed by atoms with Crippen molar-refractivity contribution >= 4 is 5.91 Å². The summed E-state index contributed by atoms with van der Waals surface area (Å²) in [4.78, 5) is 18.7. The highest BCUT2D eigenvalue weighted by atomic mass is 16.2. The molecule has 0 saturated heterocycles. The molecule has 30 heavy (non-hydrogen) atoms. The van der Waals surface area contributed by atoms with Crippen LogP contribution in [0.25, 0.3) is 5.69 Å². The Morgan fingerprint density at radius 1 is 1.20 bits per heavy atom. The number of aryl methyl sites for hydroxylation is 2. The van der Waals surface area contributed by atoms with Gasteiger partial charge in [0.25, 0.3) is 0 Å². The van der Waals surface area contributed by atoms with Gasteiger partial charge >= 0.3 is 0 Å². The maximum absolute atomic E-state index is 12.7. The molecule has 156 valence electrons. The molecule has 2 heterocycles. The molecule has 0 bridgehead atoms. The Hall–Kier alpha value is -2.99. The van der Waals surface area contributed by atoms with Crippen molar-refractivity contribution in [3.8, 4) is 5.69 Å². The highest BCUT2D eigenvalue weighted by molar-refractivity contribution is 5.78. The predicted molar refractivity (Wildman–Crippen MR) is 117 cm³/mol. The van der Waals surface area contributed by atoms with E-state index in [2.05, 4.69) is 47.4 Å². The van der Waals surface area contributed by atoms with Gasteiger partial charge < -0.3 is 5.32 Å². The van der Waals surface area contributed by atoms with E-state index < -0.39 is 0 Å². The van der Waals surface area contributed by atoms with Crippen molar-refractivity contribution in [2.24, 2.45) is 0 Å². The first kappa shape index (κ1) is 20.3. The minimum atomic E-state index is 0.0240. The molecule has 1 N–H and O–H groups in total. The Kier molecular flexibility index (Phi) is 5.95. The number of nitrogens with zero attached hydrogens (tertiary/aromatic N) is 4. The Balaban J connectivity index is 1.44. The van der Waals surface area contributed by atoms with Crippen LogP contribution in [0.3, 0.4) is 0 Å². The van der Waals surface area contributed by atoms with Crippen LogP contribution in [0, 0.1) is 13.8 Å². The van der Waals surface area contributed by atoms with Gasteiger partial charge in [-0.25, -0.2) is 4.68 Å². The molecule has 1 unspecified atom stereocenters. The Morgan fingerprint density at radius 3 is 2.77 bits per heavy atom. The number of amides is 1. The number of rotatable bonds is 6. The van der Waals surface area contributed by atoms with Crippen LogP contribution in [-0.4, -0.2) is 39.2 Å². The fourth-order valence-electron chi connectivity index (χ4n) is 4.13. The average Bonchev–Trinajstić information content (AvgIpc) is 3.16. The number of benzene rings is 1. The van der Waals surface area contributed by atoms with E-state index in [0.29, 0.717) is 6.54 Å². The summed E-state index contributed by atoms with van der Waals surface area (Å²) >= 11 is 0. The lowest BCUT2D eigenvalue weighted by Gasteiger charge is -2.25. The summed E-state index contributed by atoms with van der Waals surface area (Å²) < 4.78 is 2.04. The maximum Gasteiger partial charge on any atom is 0.234 e. The number of carbonyl (C=O) groups excluding carboxylic acids is 1. The van der Waals surface area contributed by atoms with Crippen LogP contribution in [0.15, 0.2) is 48.9 Å². The molecule has 1 atom stereocenters. The van der Waals surface area contributed by atoms with E-state index in [4.69, 9.17) is 0 Å². The molecule has 0 aliphatic heterocycles. The van der Waals surface area contributed by atoms with Crippen molar-refractivity contribution in [1.82, 2.24) is 25.0 Å². The van der Waals surface area contributed by atoms with Gasteiger partial charge in [0, 0.05) is 30.2 Å². The second-order valence-corrected chi connectivity index (χ2v) is 8.27. The zero-order valence-electron chi connectivity index (χ0n) is 17.9. The summed E-state index contributed by atoms with van der Waals surface area (Å²) in [7, 11) is 1.96. The van der Waals surface area contributed by atoms with Crippen molar-refractivity contribution in [3.63, 3.8) is 0 Å². The quantitative estimate of drug-likeness (QED) is 0.684. The van der Waals surface area contributed by atoms with Crippen molar-refractivity contribution < 1.29 is 4.79 Å². The number of aromatic nitrogens is 3. The van der Waals surface area contributed by atoms with Gasteiger partial charge in [-0.1, -0.05) is 6.07 Å². The smallest absolute Gasteiger partial charge is 0.234 e. The monoisotopic (exact) mass is 403 g/mol. The highest BCUT2D eigenvalue weighted by Gasteiger charge is 2.26. The molecule has 0 radical (unpaired) electrons. The molecule has 3 aromatic rings. The molecular formula is C24H29N5O. The molecule has 0 fully saturated rings. The third-order valence-electron chi connectivity index (χ3n) is 5.87. The van der Waals surface area contributed by atoms with E-state index in [1.54, 1.807) is 12.4 Å². The van der Waals surface area contributed by atoms with Crippen molar-refractivity contribution in [1.29, 1.82) is 0 Å². The van der Waals surface area contributed by atoms with Gasteiger partial charge in [0.05, 0.1) is 24.5 Å². The molecule has 0 spiro atoms. The van der Waals surface area contributed by atoms with Gasteiger partial charge in [-0.3, -0.25) is 14.7 Å². The summed E-state index contributed by atoms with van der Waals surface area (Å²) in [6.45, 7) is 5.32. The molecule has 4 rings (SSSR count). The second kappa shape index (κ2) is 8.79. The lowest BCUT2D eigenvalue weighted by Crippen LogP contribution is -2.38. The molecule has 1 aromatic carbocycles. The number of likely N-dealkylation sites (N-methyl/N-ethyl adjacent to an activating group) is 1. The molecule has 6 heteroatoms. The average molecular weight is 404 g/mol. The number of hydrogen-bond acceptors (Lipinski definition) is 4. The van der Waals surface area contributed by atoms with Crippen LogP contribution < -0.4 is 5.32 Å². The van der Waals surface area contributed by atoms with Crippen molar-refractivity contribution in [2.45, 2.75) is 45.7 Å². The van der Waals surface area contributed by atoms with Gasteiger partial charge in [0.2, 0.25) is 5.91 Å². The second-order valence-electron chi connectivity index (χ2n) is 8.27. The zero-order chi connectivity index (χ0) is 21.1. The van der Waals surface area contributed by atoms with E-state index in [9.17, 15) is 4.79 Å². The molecule has 1 aliphatic rings. The summed E-state index contributed by atoms with van der Waals surface area (Å²) in [6, 6.07) is 10.4. The number of hydrogen-bond donors (Lipinski definition) is 1. The Labute approximate surface area is 177 Å². The summed E-state index contributed by atoms with van der Waals surface area (Å²) in [5.74, 6) is 0.0448. The topological polar surface area (TPSA) is 63.1 Å². The van der Waals surface area contributed by atoms with E-state index in [0.717, 1.165) is 42.6 Å². The minimum absolute atomic E-state index is 0.0240. The Morgan fingerprint density at radius 2 is 2.00 bits per heavy atom. The predicted octanol–water partition coefficient (Wildman–Crippen LogP) is 3.51. The zero-order valence-corrected chi connectivity index (χ0v) is 17.9. The fraction of sp³-hybridized carbons (Fsp3) is 0.375. The first-order valence-corrected chi connectivity index (χ1v) is 10.5.